The van der Waals surface area contributed by atoms with E-state index in [1.165, 1.54) is 5.56 Å². The van der Waals surface area contributed by atoms with Crippen molar-refractivity contribution in [3.8, 4) is 0 Å². The molecule has 0 bridgehead atoms. The zero-order valence-corrected chi connectivity index (χ0v) is 15.6. The average Bonchev–Trinajstić information content (AvgIpc) is 2.86. The lowest BCUT2D eigenvalue weighted by Crippen LogP contribution is -2.33. The Morgan fingerprint density at radius 2 is 1.59 bits per heavy atom. The minimum atomic E-state index is -0.0904. The zero-order valence-electron chi connectivity index (χ0n) is 15.6. The summed E-state index contributed by atoms with van der Waals surface area (Å²) in [7, 11) is 0. The number of para-hydroxylation sites is 2. The molecule has 1 heterocycles. The first-order chi connectivity index (χ1) is 13.1. The van der Waals surface area contributed by atoms with E-state index in [0.717, 1.165) is 28.2 Å². The van der Waals surface area contributed by atoms with Gasteiger partial charge in [0.25, 0.3) is 0 Å². The van der Waals surface area contributed by atoms with E-state index < -0.39 is 0 Å². The molecule has 1 aliphatic heterocycles. The highest BCUT2D eigenvalue weighted by Crippen LogP contribution is 2.40. The standard InChI is InChI=1S/C24H22N2O/c1-17-12-14-19(15-13-17)22-16-24(20-8-4-3-5-9-20)26(18(2)27)23-11-7-6-10-21(23)25-22/h3-15,24H,16H2,1-2H3/t24-/m1/s1. The van der Waals surface area contributed by atoms with Gasteiger partial charge in [0.2, 0.25) is 5.91 Å². The second-order valence-electron chi connectivity index (χ2n) is 6.93. The number of hydrogen-bond donors (Lipinski definition) is 0. The smallest absolute Gasteiger partial charge is 0.224 e. The van der Waals surface area contributed by atoms with E-state index in [9.17, 15) is 4.79 Å². The van der Waals surface area contributed by atoms with E-state index in [-0.39, 0.29) is 11.9 Å². The third-order valence-corrected chi connectivity index (χ3v) is 5.00. The predicted molar refractivity (Wildman–Crippen MR) is 111 cm³/mol. The fraction of sp³-hybridized carbons (Fsp3) is 0.167. The maximum absolute atomic E-state index is 12.7. The second kappa shape index (κ2) is 7.20. The van der Waals surface area contributed by atoms with Crippen molar-refractivity contribution in [1.29, 1.82) is 0 Å². The largest absolute Gasteiger partial charge is 0.303 e. The van der Waals surface area contributed by atoms with Crippen molar-refractivity contribution in [2.45, 2.75) is 26.3 Å². The van der Waals surface area contributed by atoms with Crippen molar-refractivity contribution in [2.75, 3.05) is 4.90 Å². The summed E-state index contributed by atoms with van der Waals surface area (Å²) in [4.78, 5) is 19.5. The van der Waals surface area contributed by atoms with Gasteiger partial charge in [-0.2, -0.15) is 0 Å². The lowest BCUT2D eigenvalue weighted by molar-refractivity contribution is -0.117. The number of rotatable bonds is 2. The van der Waals surface area contributed by atoms with E-state index in [2.05, 4.69) is 43.3 Å². The Kier molecular flexibility index (Phi) is 4.59. The van der Waals surface area contributed by atoms with Gasteiger partial charge in [-0.15, -0.1) is 0 Å². The molecule has 0 spiro atoms. The molecule has 0 aliphatic carbocycles. The fourth-order valence-electron chi connectivity index (χ4n) is 3.66. The van der Waals surface area contributed by atoms with Gasteiger partial charge in [0.15, 0.2) is 0 Å². The molecule has 0 unspecified atom stereocenters. The normalized spacial score (nSPS) is 16.3. The van der Waals surface area contributed by atoms with Crippen molar-refractivity contribution in [3.05, 3.63) is 95.6 Å². The van der Waals surface area contributed by atoms with Crippen molar-refractivity contribution >= 4 is 23.0 Å². The van der Waals surface area contributed by atoms with Gasteiger partial charge in [-0.1, -0.05) is 72.3 Å². The summed E-state index contributed by atoms with van der Waals surface area (Å²) < 4.78 is 0. The lowest BCUT2D eigenvalue weighted by atomic mass is 9.95. The highest BCUT2D eigenvalue weighted by Gasteiger charge is 2.30. The topological polar surface area (TPSA) is 32.7 Å². The molecule has 0 saturated heterocycles. The van der Waals surface area contributed by atoms with Crippen molar-refractivity contribution in [1.82, 2.24) is 0 Å². The first kappa shape index (κ1) is 17.2. The Labute approximate surface area is 160 Å². The summed E-state index contributed by atoms with van der Waals surface area (Å²) in [5.74, 6) is 0.0247. The molecule has 3 aromatic carbocycles. The molecule has 0 radical (unpaired) electrons. The van der Waals surface area contributed by atoms with Crippen LogP contribution in [0, 0.1) is 6.92 Å². The third-order valence-electron chi connectivity index (χ3n) is 5.00. The number of carbonyl (C=O) groups is 1. The van der Waals surface area contributed by atoms with E-state index in [1.54, 1.807) is 6.92 Å². The predicted octanol–water partition coefficient (Wildman–Crippen LogP) is 5.61. The number of amides is 1. The Balaban J connectivity index is 1.90. The van der Waals surface area contributed by atoms with Gasteiger partial charge in [0.1, 0.15) is 0 Å². The number of nitrogens with zero attached hydrogens (tertiary/aromatic N) is 2. The molecule has 0 fully saturated rings. The van der Waals surface area contributed by atoms with Gasteiger partial charge in [0, 0.05) is 13.3 Å². The molecule has 27 heavy (non-hydrogen) atoms. The third kappa shape index (κ3) is 3.41. The molecule has 1 atom stereocenters. The monoisotopic (exact) mass is 354 g/mol. The maximum atomic E-state index is 12.7. The van der Waals surface area contributed by atoms with Crippen LogP contribution in [0.4, 0.5) is 11.4 Å². The van der Waals surface area contributed by atoms with Crippen molar-refractivity contribution in [2.24, 2.45) is 4.99 Å². The molecule has 3 heteroatoms. The number of anilines is 1. The van der Waals surface area contributed by atoms with Crippen molar-refractivity contribution < 1.29 is 4.79 Å². The van der Waals surface area contributed by atoms with Crippen LogP contribution in [0.1, 0.15) is 36.1 Å². The molecular formula is C24H22N2O. The van der Waals surface area contributed by atoms with E-state index >= 15 is 0 Å². The molecule has 0 saturated carbocycles. The first-order valence-corrected chi connectivity index (χ1v) is 9.22. The summed E-state index contributed by atoms with van der Waals surface area (Å²) >= 11 is 0. The summed E-state index contributed by atoms with van der Waals surface area (Å²) in [6, 6.07) is 26.5. The maximum Gasteiger partial charge on any atom is 0.224 e. The summed E-state index contributed by atoms with van der Waals surface area (Å²) in [5.41, 5.74) is 6.13. The van der Waals surface area contributed by atoms with Crippen LogP contribution in [0.15, 0.2) is 83.9 Å². The Bertz CT molecular complexity index is 990. The van der Waals surface area contributed by atoms with Gasteiger partial charge in [-0.3, -0.25) is 9.79 Å². The van der Waals surface area contributed by atoms with Gasteiger partial charge in [-0.25, -0.2) is 0 Å². The molecule has 134 valence electrons. The van der Waals surface area contributed by atoms with Gasteiger partial charge < -0.3 is 4.90 Å². The molecule has 3 aromatic rings. The van der Waals surface area contributed by atoms with Crippen LogP contribution in [-0.2, 0) is 4.79 Å². The summed E-state index contributed by atoms with van der Waals surface area (Å²) in [5, 5.41) is 0. The Morgan fingerprint density at radius 3 is 2.30 bits per heavy atom. The van der Waals surface area contributed by atoms with Crippen LogP contribution in [0.25, 0.3) is 0 Å². The highest BCUT2D eigenvalue weighted by atomic mass is 16.2. The minimum Gasteiger partial charge on any atom is -0.303 e. The second-order valence-corrected chi connectivity index (χ2v) is 6.93. The zero-order chi connectivity index (χ0) is 18.8. The van der Waals surface area contributed by atoms with Crippen LogP contribution in [-0.4, -0.2) is 11.6 Å². The number of hydrogen-bond acceptors (Lipinski definition) is 2. The van der Waals surface area contributed by atoms with E-state index in [0.29, 0.717) is 6.42 Å². The van der Waals surface area contributed by atoms with Gasteiger partial charge in [-0.05, 0) is 30.2 Å². The molecule has 1 aliphatic rings. The molecule has 1 amide bonds. The van der Waals surface area contributed by atoms with Crippen LogP contribution in [0.2, 0.25) is 0 Å². The van der Waals surface area contributed by atoms with E-state index in [4.69, 9.17) is 4.99 Å². The summed E-state index contributed by atoms with van der Waals surface area (Å²) in [6.07, 6.45) is 0.668. The number of benzene rings is 3. The van der Waals surface area contributed by atoms with E-state index in [1.807, 2.05) is 47.4 Å². The van der Waals surface area contributed by atoms with Crippen LogP contribution in [0.3, 0.4) is 0 Å². The molecule has 4 rings (SSSR count). The molecule has 0 N–H and O–H groups in total. The minimum absolute atomic E-state index is 0.0247. The van der Waals surface area contributed by atoms with Crippen LogP contribution < -0.4 is 4.90 Å². The summed E-state index contributed by atoms with van der Waals surface area (Å²) in [6.45, 7) is 3.71. The quantitative estimate of drug-likeness (QED) is 0.588. The molecular weight excluding hydrogens is 332 g/mol. The average molecular weight is 354 g/mol. The molecule has 3 nitrogen and oxygen atoms in total. The number of aryl methyl sites for hydroxylation is 1. The van der Waals surface area contributed by atoms with Gasteiger partial charge >= 0.3 is 0 Å². The van der Waals surface area contributed by atoms with Crippen molar-refractivity contribution in [3.63, 3.8) is 0 Å². The van der Waals surface area contributed by atoms with Gasteiger partial charge in [0.05, 0.1) is 23.1 Å². The van der Waals surface area contributed by atoms with Crippen LogP contribution in [0.5, 0.6) is 0 Å². The highest BCUT2D eigenvalue weighted by molar-refractivity contribution is 6.07. The molecule has 0 aromatic heterocycles. The van der Waals surface area contributed by atoms with Crippen LogP contribution >= 0.6 is 0 Å². The fourth-order valence-corrected chi connectivity index (χ4v) is 3.66. The number of fused-ring (bicyclic) bond motifs is 1. The lowest BCUT2D eigenvalue weighted by Gasteiger charge is -2.30. The number of aliphatic imine (C=N–C) groups is 1. The Hall–Kier alpha value is -3.20. The number of carbonyl (C=O) groups excluding carboxylic acids is 1. The Morgan fingerprint density at radius 1 is 0.926 bits per heavy atom. The first-order valence-electron chi connectivity index (χ1n) is 9.22. The SMILES string of the molecule is CC(=O)N1c2ccccc2N=C(c2ccc(C)cc2)C[C@@H]1c1ccccc1.